The van der Waals surface area contributed by atoms with Gasteiger partial charge in [-0.1, -0.05) is 18.2 Å². The highest BCUT2D eigenvalue weighted by atomic mass is 16.1. The van der Waals surface area contributed by atoms with Crippen molar-refractivity contribution in [1.29, 1.82) is 0 Å². The van der Waals surface area contributed by atoms with E-state index in [1.165, 1.54) is 23.2 Å². The maximum atomic E-state index is 11.3. The van der Waals surface area contributed by atoms with Crippen LogP contribution in [0, 0.1) is 0 Å². The number of nitrogens with one attached hydrogen (secondary N) is 1. The van der Waals surface area contributed by atoms with Gasteiger partial charge in [-0.15, -0.1) is 0 Å². The predicted octanol–water partition coefficient (Wildman–Crippen LogP) is 1.75. The highest BCUT2D eigenvalue weighted by Gasteiger charge is 2.17. The summed E-state index contributed by atoms with van der Waals surface area (Å²) in [5.41, 5.74) is 4.07. The van der Waals surface area contributed by atoms with E-state index in [2.05, 4.69) is 35.5 Å². The lowest BCUT2D eigenvalue weighted by atomic mass is 9.96. The number of anilines is 1. The van der Waals surface area contributed by atoms with Crippen LogP contribution in [0.3, 0.4) is 0 Å². The van der Waals surface area contributed by atoms with Crippen molar-refractivity contribution in [1.82, 2.24) is 5.32 Å². The molecule has 0 saturated heterocycles. The molecule has 0 radical (unpaired) electrons. The molecule has 17 heavy (non-hydrogen) atoms. The van der Waals surface area contributed by atoms with Gasteiger partial charge in [0.25, 0.3) is 0 Å². The number of hydrogen-bond donors (Lipinski definition) is 1. The maximum absolute atomic E-state index is 11.3. The average molecular weight is 232 g/mol. The molecule has 3 heteroatoms. The highest BCUT2D eigenvalue weighted by molar-refractivity contribution is 5.76. The number of nitrogens with zero attached hydrogens (tertiary/aromatic N) is 1. The van der Waals surface area contributed by atoms with Gasteiger partial charge in [-0.3, -0.25) is 4.79 Å². The van der Waals surface area contributed by atoms with Gasteiger partial charge >= 0.3 is 0 Å². The number of rotatable bonds is 3. The first-order valence-corrected chi connectivity index (χ1v) is 6.25. The largest absolute Gasteiger partial charge is 0.374 e. The zero-order valence-electron chi connectivity index (χ0n) is 10.6. The summed E-state index contributed by atoms with van der Waals surface area (Å²) in [6.45, 7) is 1.12. The van der Waals surface area contributed by atoms with Crippen molar-refractivity contribution >= 4 is 11.6 Å². The summed E-state index contributed by atoms with van der Waals surface area (Å²) in [6, 6.07) is 6.45. The summed E-state index contributed by atoms with van der Waals surface area (Å²) in [5, 5.41) is 2.67. The molecular formula is C14H20N2O. The van der Waals surface area contributed by atoms with Crippen LogP contribution in [0.2, 0.25) is 0 Å². The van der Waals surface area contributed by atoms with Crippen LogP contribution in [0.5, 0.6) is 0 Å². The molecule has 0 aromatic heterocycles. The van der Waals surface area contributed by atoms with Crippen molar-refractivity contribution in [3.63, 3.8) is 0 Å². The van der Waals surface area contributed by atoms with E-state index in [0.717, 1.165) is 19.4 Å². The summed E-state index contributed by atoms with van der Waals surface area (Å²) >= 11 is 0. The maximum Gasteiger partial charge on any atom is 0.220 e. The van der Waals surface area contributed by atoms with Gasteiger partial charge in [0.2, 0.25) is 5.91 Å². The fourth-order valence-electron chi connectivity index (χ4n) is 2.53. The second-order valence-electron chi connectivity index (χ2n) is 4.62. The van der Waals surface area contributed by atoms with Crippen LogP contribution in [-0.4, -0.2) is 26.5 Å². The zero-order chi connectivity index (χ0) is 12.3. The molecular weight excluding hydrogens is 212 g/mol. The first kappa shape index (κ1) is 12.0. The van der Waals surface area contributed by atoms with Crippen LogP contribution in [0.4, 0.5) is 5.69 Å². The second kappa shape index (κ2) is 5.21. The third-order valence-electron chi connectivity index (χ3n) is 3.42. The Morgan fingerprint density at radius 2 is 2.29 bits per heavy atom. The smallest absolute Gasteiger partial charge is 0.220 e. The Balaban J connectivity index is 2.19. The molecule has 2 rings (SSSR count). The van der Waals surface area contributed by atoms with Gasteiger partial charge < -0.3 is 10.2 Å². The number of para-hydroxylation sites is 1. The molecule has 1 heterocycles. The Morgan fingerprint density at radius 3 is 3.06 bits per heavy atom. The van der Waals surface area contributed by atoms with Crippen molar-refractivity contribution in [2.45, 2.75) is 25.7 Å². The minimum atomic E-state index is 0.112. The molecule has 1 aromatic rings. The lowest BCUT2D eigenvalue weighted by molar-refractivity contribution is -0.120. The topological polar surface area (TPSA) is 32.3 Å². The van der Waals surface area contributed by atoms with Crippen LogP contribution in [0.15, 0.2) is 18.2 Å². The van der Waals surface area contributed by atoms with Gasteiger partial charge in [0, 0.05) is 32.7 Å². The first-order valence-electron chi connectivity index (χ1n) is 6.25. The van der Waals surface area contributed by atoms with Crippen LogP contribution in [-0.2, 0) is 17.6 Å². The van der Waals surface area contributed by atoms with Gasteiger partial charge in [-0.25, -0.2) is 0 Å². The molecule has 0 spiro atoms. The molecule has 1 amide bonds. The van der Waals surface area contributed by atoms with E-state index in [1.807, 2.05) is 0 Å². The van der Waals surface area contributed by atoms with E-state index in [-0.39, 0.29) is 5.91 Å². The standard InChI is InChI=1S/C14H20N2O/c1-15-13(17)9-8-12-6-3-5-11-7-4-10-16(2)14(11)12/h3,5-6H,4,7-10H2,1-2H3,(H,15,17). The third kappa shape index (κ3) is 2.60. The van der Waals surface area contributed by atoms with Gasteiger partial charge in [0.1, 0.15) is 0 Å². The van der Waals surface area contributed by atoms with E-state index in [4.69, 9.17) is 0 Å². The van der Waals surface area contributed by atoms with E-state index < -0.39 is 0 Å². The minimum Gasteiger partial charge on any atom is -0.374 e. The average Bonchev–Trinajstić information content (AvgIpc) is 2.36. The van der Waals surface area contributed by atoms with Crippen molar-refractivity contribution in [3.05, 3.63) is 29.3 Å². The molecule has 1 N–H and O–H groups in total. The van der Waals surface area contributed by atoms with Crippen molar-refractivity contribution < 1.29 is 4.79 Å². The summed E-state index contributed by atoms with van der Waals surface area (Å²) in [4.78, 5) is 13.6. The van der Waals surface area contributed by atoms with Crippen molar-refractivity contribution in [2.24, 2.45) is 0 Å². The summed E-state index contributed by atoms with van der Waals surface area (Å²) < 4.78 is 0. The van der Waals surface area contributed by atoms with Crippen LogP contribution < -0.4 is 10.2 Å². The Labute approximate surface area is 103 Å². The molecule has 1 aliphatic heterocycles. The predicted molar refractivity (Wildman–Crippen MR) is 70.4 cm³/mol. The molecule has 0 saturated carbocycles. The number of hydrogen-bond acceptors (Lipinski definition) is 2. The lowest BCUT2D eigenvalue weighted by Crippen LogP contribution is -2.26. The molecule has 3 nitrogen and oxygen atoms in total. The second-order valence-corrected chi connectivity index (χ2v) is 4.62. The normalized spacial score (nSPS) is 14.4. The van der Waals surface area contributed by atoms with Crippen LogP contribution >= 0.6 is 0 Å². The van der Waals surface area contributed by atoms with Crippen molar-refractivity contribution in [3.8, 4) is 0 Å². The fraction of sp³-hybridized carbons (Fsp3) is 0.500. The number of carbonyl (C=O) groups excluding carboxylic acids is 1. The molecule has 1 aliphatic rings. The summed E-state index contributed by atoms with van der Waals surface area (Å²) in [6.07, 6.45) is 3.78. The zero-order valence-corrected chi connectivity index (χ0v) is 10.6. The van der Waals surface area contributed by atoms with Crippen LogP contribution in [0.25, 0.3) is 0 Å². The SMILES string of the molecule is CNC(=O)CCc1cccc2c1N(C)CCC2. The molecule has 0 fully saturated rings. The number of benzene rings is 1. The van der Waals surface area contributed by atoms with E-state index in [1.54, 1.807) is 7.05 Å². The van der Waals surface area contributed by atoms with Gasteiger partial charge in [-0.2, -0.15) is 0 Å². The van der Waals surface area contributed by atoms with Gasteiger partial charge in [-0.05, 0) is 30.4 Å². The van der Waals surface area contributed by atoms with Crippen molar-refractivity contribution in [2.75, 3.05) is 25.5 Å². The molecule has 0 atom stereocenters. The number of aryl methyl sites for hydroxylation is 2. The molecule has 1 aromatic carbocycles. The van der Waals surface area contributed by atoms with E-state index in [0.29, 0.717) is 6.42 Å². The molecule has 92 valence electrons. The van der Waals surface area contributed by atoms with Crippen LogP contribution in [0.1, 0.15) is 24.0 Å². The Morgan fingerprint density at radius 1 is 1.47 bits per heavy atom. The minimum absolute atomic E-state index is 0.112. The third-order valence-corrected chi connectivity index (χ3v) is 3.42. The summed E-state index contributed by atoms with van der Waals surface area (Å²) in [7, 11) is 3.83. The number of amides is 1. The molecule has 0 bridgehead atoms. The van der Waals surface area contributed by atoms with E-state index in [9.17, 15) is 4.79 Å². The highest BCUT2D eigenvalue weighted by Crippen LogP contribution is 2.30. The number of fused-ring (bicyclic) bond motifs is 1. The monoisotopic (exact) mass is 232 g/mol. The quantitative estimate of drug-likeness (QED) is 0.861. The fourth-order valence-corrected chi connectivity index (χ4v) is 2.53. The Hall–Kier alpha value is -1.51. The summed E-state index contributed by atoms with van der Waals surface area (Å²) in [5.74, 6) is 0.112. The molecule has 0 unspecified atom stereocenters. The lowest BCUT2D eigenvalue weighted by Gasteiger charge is -2.30. The number of carbonyl (C=O) groups is 1. The Kier molecular flexibility index (Phi) is 3.67. The van der Waals surface area contributed by atoms with E-state index >= 15 is 0 Å². The van der Waals surface area contributed by atoms with Gasteiger partial charge in [0.15, 0.2) is 0 Å². The van der Waals surface area contributed by atoms with Gasteiger partial charge in [0.05, 0.1) is 0 Å². The Bertz CT molecular complexity index is 415. The first-order chi connectivity index (χ1) is 8.22. The molecule has 0 aliphatic carbocycles.